The zero-order valence-electron chi connectivity index (χ0n) is 13.8. The van der Waals surface area contributed by atoms with Crippen LogP contribution in [0.25, 0.3) is 0 Å². The first-order chi connectivity index (χ1) is 10.4. The Balaban J connectivity index is 2.71. The Labute approximate surface area is 134 Å². The molecule has 1 aromatic rings. The van der Waals surface area contributed by atoms with Gasteiger partial charge < -0.3 is 15.4 Å². The number of nitro groups is 1. The van der Waals surface area contributed by atoms with E-state index in [1.807, 2.05) is 0 Å². The summed E-state index contributed by atoms with van der Waals surface area (Å²) in [6.45, 7) is 8.21. The van der Waals surface area contributed by atoms with Crippen molar-refractivity contribution in [3.8, 4) is 0 Å². The lowest BCUT2D eigenvalue weighted by molar-refractivity contribution is -0.384. The molecule has 0 bridgehead atoms. The summed E-state index contributed by atoms with van der Waals surface area (Å²) in [5.41, 5.74) is -1.58. The quantitative estimate of drug-likeness (QED) is 0.654. The summed E-state index contributed by atoms with van der Waals surface area (Å²) in [5.74, 6) is -0.475. The van der Waals surface area contributed by atoms with Gasteiger partial charge in [0.2, 0.25) is 5.91 Å². The predicted octanol–water partition coefficient (Wildman–Crippen LogP) is 2.84. The Kier molecular flexibility index (Phi) is 5.31. The van der Waals surface area contributed by atoms with Gasteiger partial charge in [-0.15, -0.1) is 0 Å². The molecule has 0 spiro atoms. The number of amides is 2. The van der Waals surface area contributed by atoms with E-state index in [0.717, 1.165) is 0 Å². The summed E-state index contributed by atoms with van der Waals surface area (Å²) in [6.07, 6.45) is -0.707. The lowest BCUT2D eigenvalue weighted by Crippen LogP contribution is -2.53. The van der Waals surface area contributed by atoms with Crippen LogP contribution in [0.15, 0.2) is 24.3 Å². The van der Waals surface area contributed by atoms with Crippen molar-refractivity contribution in [1.29, 1.82) is 0 Å². The molecule has 8 nitrogen and oxygen atoms in total. The normalized spacial score (nSPS) is 11.5. The number of nitrogens with one attached hydrogen (secondary N) is 2. The van der Waals surface area contributed by atoms with E-state index in [1.54, 1.807) is 20.8 Å². The van der Waals surface area contributed by atoms with Crippen molar-refractivity contribution in [3.05, 3.63) is 34.4 Å². The van der Waals surface area contributed by atoms with E-state index in [2.05, 4.69) is 10.6 Å². The van der Waals surface area contributed by atoms with Gasteiger partial charge in [-0.05, 0) is 46.8 Å². The lowest BCUT2D eigenvalue weighted by Gasteiger charge is -2.27. The summed E-state index contributed by atoms with van der Waals surface area (Å²) in [4.78, 5) is 34.1. The molecule has 0 aromatic heterocycles. The van der Waals surface area contributed by atoms with E-state index in [1.165, 1.54) is 38.1 Å². The molecule has 0 saturated heterocycles. The van der Waals surface area contributed by atoms with Crippen molar-refractivity contribution in [2.75, 3.05) is 5.32 Å². The fourth-order valence-corrected chi connectivity index (χ4v) is 1.57. The van der Waals surface area contributed by atoms with Crippen molar-refractivity contribution in [2.24, 2.45) is 0 Å². The minimum Gasteiger partial charge on any atom is -0.444 e. The van der Waals surface area contributed by atoms with Crippen LogP contribution in [-0.2, 0) is 9.53 Å². The number of alkyl carbamates (subject to hydrolysis) is 1. The molecular weight excluding hydrogens is 302 g/mol. The van der Waals surface area contributed by atoms with Crippen LogP contribution >= 0.6 is 0 Å². The van der Waals surface area contributed by atoms with Crippen LogP contribution in [0.4, 0.5) is 16.2 Å². The van der Waals surface area contributed by atoms with Gasteiger partial charge in [-0.3, -0.25) is 14.9 Å². The first kappa shape index (κ1) is 18.4. The van der Waals surface area contributed by atoms with E-state index in [0.29, 0.717) is 5.69 Å². The highest BCUT2D eigenvalue weighted by molar-refractivity contribution is 5.99. The minimum absolute atomic E-state index is 0.0749. The number of nitro benzene ring substituents is 1. The van der Waals surface area contributed by atoms with Gasteiger partial charge in [-0.25, -0.2) is 4.79 Å². The van der Waals surface area contributed by atoms with Gasteiger partial charge in [0, 0.05) is 17.8 Å². The fraction of sp³-hybridized carbons (Fsp3) is 0.467. The van der Waals surface area contributed by atoms with Crippen LogP contribution in [0.1, 0.15) is 34.6 Å². The second kappa shape index (κ2) is 6.64. The molecule has 0 saturated carbocycles. The van der Waals surface area contributed by atoms with Crippen LogP contribution in [0, 0.1) is 10.1 Å². The summed E-state index contributed by atoms with van der Waals surface area (Å²) in [7, 11) is 0. The zero-order valence-corrected chi connectivity index (χ0v) is 13.8. The standard InChI is InChI=1S/C15H21N3O5/c1-14(2,3)23-13(20)17-15(4,5)12(19)16-10-6-8-11(9-7-10)18(21)22/h6-9H,1-5H3,(H,16,19)(H,17,20). The highest BCUT2D eigenvalue weighted by atomic mass is 16.6. The maximum Gasteiger partial charge on any atom is 0.408 e. The second-order valence-corrected chi connectivity index (χ2v) is 6.51. The SMILES string of the molecule is CC(C)(C)OC(=O)NC(C)(C)C(=O)Nc1ccc([N+](=O)[O-])cc1. The third-order valence-corrected chi connectivity index (χ3v) is 2.72. The topological polar surface area (TPSA) is 111 Å². The smallest absolute Gasteiger partial charge is 0.408 e. The van der Waals surface area contributed by atoms with E-state index in [4.69, 9.17) is 4.74 Å². The molecule has 1 rings (SSSR count). The van der Waals surface area contributed by atoms with Crippen LogP contribution in [0.2, 0.25) is 0 Å². The number of ether oxygens (including phenoxy) is 1. The third-order valence-electron chi connectivity index (χ3n) is 2.72. The van der Waals surface area contributed by atoms with Gasteiger partial charge >= 0.3 is 6.09 Å². The van der Waals surface area contributed by atoms with E-state index in [-0.39, 0.29) is 5.69 Å². The monoisotopic (exact) mass is 323 g/mol. The van der Waals surface area contributed by atoms with Gasteiger partial charge in [-0.2, -0.15) is 0 Å². The van der Waals surface area contributed by atoms with Crippen LogP contribution in [-0.4, -0.2) is 28.1 Å². The Morgan fingerprint density at radius 2 is 1.61 bits per heavy atom. The Morgan fingerprint density at radius 1 is 1.09 bits per heavy atom. The molecule has 23 heavy (non-hydrogen) atoms. The Bertz CT molecular complexity index is 603. The van der Waals surface area contributed by atoms with E-state index < -0.39 is 28.1 Å². The molecule has 8 heteroatoms. The van der Waals surface area contributed by atoms with Gasteiger partial charge in [-0.1, -0.05) is 0 Å². The summed E-state index contributed by atoms with van der Waals surface area (Å²) in [5, 5.41) is 15.7. The number of non-ortho nitro benzene ring substituents is 1. The number of hydrogen-bond donors (Lipinski definition) is 2. The number of carbonyl (C=O) groups excluding carboxylic acids is 2. The predicted molar refractivity (Wildman–Crippen MR) is 85.2 cm³/mol. The molecule has 2 N–H and O–H groups in total. The number of anilines is 1. The number of rotatable bonds is 4. The average molecular weight is 323 g/mol. The number of benzene rings is 1. The van der Waals surface area contributed by atoms with Crippen LogP contribution in [0.5, 0.6) is 0 Å². The molecule has 0 aliphatic carbocycles. The Hall–Kier alpha value is -2.64. The summed E-state index contributed by atoms with van der Waals surface area (Å²) in [6, 6.07) is 5.40. The van der Waals surface area contributed by atoms with Crippen molar-refractivity contribution in [3.63, 3.8) is 0 Å². The molecular formula is C15H21N3O5. The maximum atomic E-state index is 12.2. The first-order valence-corrected chi connectivity index (χ1v) is 6.98. The van der Waals surface area contributed by atoms with E-state index >= 15 is 0 Å². The van der Waals surface area contributed by atoms with Crippen LogP contribution < -0.4 is 10.6 Å². The third kappa shape index (κ3) is 5.93. The summed E-state index contributed by atoms with van der Waals surface area (Å²) >= 11 is 0. The summed E-state index contributed by atoms with van der Waals surface area (Å²) < 4.78 is 5.11. The first-order valence-electron chi connectivity index (χ1n) is 6.98. The van der Waals surface area contributed by atoms with Gasteiger partial charge in [0.15, 0.2) is 0 Å². The van der Waals surface area contributed by atoms with Crippen molar-refractivity contribution < 1.29 is 19.2 Å². The molecule has 126 valence electrons. The van der Waals surface area contributed by atoms with Gasteiger partial charge in [0.25, 0.3) is 5.69 Å². The molecule has 1 aromatic carbocycles. The molecule has 2 amide bonds. The minimum atomic E-state index is -1.22. The Morgan fingerprint density at radius 3 is 2.04 bits per heavy atom. The van der Waals surface area contributed by atoms with Crippen molar-refractivity contribution in [2.45, 2.75) is 45.8 Å². The average Bonchev–Trinajstić information content (AvgIpc) is 2.36. The molecule has 0 radical (unpaired) electrons. The van der Waals surface area contributed by atoms with Crippen molar-refractivity contribution in [1.82, 2.24) is 5.32 Å². The zero-order chi connectivity index (χ0) is 17.8. The number of hydrogen-bond acceptors (Lipinski definition) is 5. The van der Waals surface area contributed by atoms with E-state index in [9.17, 15) is 19.7 Å². The highest BCUT2D eigenvalue weighted by Gasteiger charge is 2.31. The molecule has 0 fully saturated rings. The van der Waals surface area contributed by atoms with Crippen molar-refractivity contribution >= 4 is 23.4 Å². The molecule has 0 aliphatic rings. The molecule has 0 atom stereocenters. The largest absolute Gasteiger partial charge is 0.444 e. The van der Waals surface area contributed by atoms with Crippen LogP contribution in [0.3, 0.4) is 0 Å². The molecule has 0 heterocycles. The lowest BCUT2D eigenvalue weighted by atomic mass is 10.0. The highest BCUT2D eigenvalue weighted by Crippen LogP contribution is 2.17. The molecule has 0 unspecified atom stereocenters. The van der Waals surface area contributed by atoms with Gasteiger partial charge in [0.1, 0.15) is 11.1 Å². The second-order valence-electron chi connectivity index (χ2n) is 6.51. The number of carbonyl (C=O) groups is 2. The van der Waals surface area contributed by atoms with Gasteiger partial charge in [0.05, 0.1) is 4.92 Å². The number of nitrogens with zero attached hydrogens (tertiary/aromatic N) is 1. The maximum absolute atomic E-state index is 12.2. The molecule has 0 aliphatic heterocycles. The fourth-order valence-electron chi connectivity index (χ4n) is 1.57.